The van der Waals surface area contributed by atoms with E-state index >= 15 is 0 Å². The fraction of sp³-hybridized carbons (Fsp3) is 0.357. The molecule has 20 heavy (non-hydrogen) atoms. The predicted octanol–water partition coefficient (Wildman–Crippen LogP) is 2.61. The second-order valence-electron chi connectivity index (χ2n) is 4.87. The molecule has 0 N–H and O–H groups in total. The minimum Gasteiger partial charge on any atom is -0.335 e. The van der Waals surface area contributed by atoms with Gasteiger partial charge in [0.2, 0.25) is 0 Å². The Bertz CT molecular complexity index is 772. The van der Waals surface area contributed by atoms with Gasteiger partial charge in [-0.15, -0.1) is 11.3 Å². The molecule has 0 saturated heterocycles. The first-order valence-corrected chi connectivity index (χ1v) is 7.49. The predicted molar refractivity (Wildman–Crippen MR) is 80.2 cm³/mol. The Kier molecular flexibility index (Phi) is 3.40. The highest BCUT2D eigenvalue weighted by Gasteiger charge is 2.15. The second-order valence-corrected chi connectivity index (χ2v) is 5.75. The van der Waals surface area contributed by atoms with Gasteiger partial charge in [0.15, 0.2) is 0 Å². The maximum Gasteiger partial charge on any atom is 0.271 e. The molecule has 0 aliphatic heterocycles. The maximum absolute atomic E-state index is 12.6. The van der Waals surface area contributed by atoms with Crippen LogP contribution in [0, 0.1) is 6.92 Å². The highest BCUT2D eigenvalue weighted by Crippen LogP contribution is 2.21. The van der Waals surface area contributed by atoms with Crippen molar-refractivity contribution < 1.29 is 0 Å². The first-order valence-electron chi connectivity index (χ1n) is 6.61. The summed E-state index contributed by atoms with van der Waals surface area (Å²) in [6.07, 6.45) is 7.98. The number of nitrogens with zero attached hydrogens (tertiary/aromatic N) is 4. The van der Waals surface area contributed by atoms with Crippen LogP contribution in [0.25, 0.3) is 10.2 Å². The van der Waals surface area contributed by atoms with E-state index in [0.717, 1.165) is 28.7 Å². The number of thiophene rings is 1. The maximum atomic E-state index is 12.6. The first kappa shape index (κ1) is 13.1. The Morgan fingerprint density at radius 1 is 1.40 bits per heavy atom. The number of rotatable bonds is 4. The van der Waals surface area contributed by atoms with Crippen LogP contribution in [0.3, 0.4) is 0 Å². The monoisotopic (exact) mass is 288 g/mol. The van der Waals surface area contributed by atoms with E-state index in [2.05, 4.69) is 16.9 Å². The van der Waals surface area contributed by atoms with Crippen LogP contribution in [-0.4, -0.2) is 19.1 Å². The zero-order valence-electron chi connectivity index (χ0n) is 11.5. The molecule has 1 atom stereocenters. The Morgan fingerprint density at radius 2 is 2.25 bits per heavy atom. The molecule has 3 rings (SSSR count). The van der Waals surface area contributed by atoms with E-state index < -0.39 is 0 Å². The molecular weight excluding hydrogens is 272 g/mol. The minimum absolute atomic E-state index is 0.0556. The summed E-state index contributed by atoms with van der Waals surface area (Å²) in [5.74, 6) is 0. The number of imidazole rings is 1. The summed E-state index contributed by atoms with van der Waals surface area (Å²) >= 11 is 1.48. The van der Waals surface area contributed by atoms with E-state index in [1.165, 1.54) is 11.3 Å². The van der Waals surface area contributed by atoms with Crippen LogP contribution < -0.4 is 5.56 Å². The third kappa shape index (κ3) is 2.16. The van der Waals surface area contributed by atoms with E-state index in [-0.39, 0.29) is 11.6 Å². The normalized spacial score (nSPS) is 12.9. The lowest BCUT2D eigenvalue weighted by Crippen LogP contribution is -2.27. The van der Waals surface area contributed by atoms with E-state index in [1.54, 1.807) is 23.4 Å². The van der Waals surface area contributed by atoms with Gasteiger partial charge in [0.25, 0.3) is 5.56 Å². The van der Waals surface area contributed by atoms with Gasteiger partial charge in [-0.25, -0.2) is 9.97 Å². The van der Waals surface area contributed by atoms with E-state index in [4.69, 9.17) is 0 Å². The van der Waals surface area contributed by atoms with Gasteiger partial charge < -0.3 is 4.57 Å². The van der Waals surface area contributed by atoms with Gasteiger partial charge >= 0.3 is 0 Å². The number of aryl methyl sites for hydroxylation is 1. The van der Waals surface area contributed by atoms with Crippen LogP contribution in [0.1, 0.15) is 24.9 Å². The molecule has 0 aromatic carbocycles. The summed E-state index contributed by atoms with van der Waals surface area (Å²) in [4.78, 5) is 21.1. The van der Waals surface area contributed by atoms with Crippen LogP contribution in [-0.2, 0) is 6.54 Å². The van der Waals surface area contributed by atoms with Crippen molar-refractivity contribution in [3.8, 4) is 0 Å². The van der Waals surface area contributed by atoms with Crippen LogP contribution in [0.5, 0.6) is 0 Å². The van der Waals surface area contributed by atoms with Crippen molar-refractivity contribution in [1.82, 2.24) is 19.1 Å². The molecule has 0 unspecified atom stereocenters. The standard InChI is InChI=1S/C14H16N4OS/c1-3-11(6-17-5-4-15-8-17)18-9-16-12-10(2)7-20-13(12)14(18)19/h4-5,7-9,11H,3,6H2,1-2H3/t11-/m1/s1. The average molecular weight is 288 g/mol. The van der Waals surface area contributed by atoms with E-state index in [1.807, 2.05) is 23.1 Å². The number of fused-ring (bicyclic) bond motifs is 1. The molecule has 0 aliphatic carbocycles. The van der Waals surface area contributed by atoms with Crippen molar-refractivity contribution >= 4 is 21.6 Å². The van der Waals surface area contributed by atoms with Crippen LogP contribution in [0.2, 0.25) is 0 Å². The van der Waals surface area contributed by atoms with Gasteiger partial charge in [0.05, 0.1) is 24.2 Å². The molecule has 6 heteroatoms. The zero-order chi connectivity index (χ0) is 14.1. The molecule has 104 valence electrons. The quantitative estimate of drug-likeness (QED) is 0.741. The molecule has 0 spiro atoms. The van der Waals surface area contributed by atoms with Gasteiger partial charge in [-0.05, 0) is 24.3 Å². The Balaban J connectivity index is 2.03. The summed E-state index contributed by atoms with van der Waals surface area (Å²) in [6.45, 7) is 4.80. The van der Waals surface area contributed by atoms with Gasteiger partial charge in [-0.3, -0.25) is 9.36 Å². The summed E-state index contributed by atoms with van der Waals surface area (Å²) in [7, 11) is 0. The summed E-state index contributed by atoms with van der Waals surface area (Å²) in [5.41, 5.74) is 1.95. The number of hydrogen-bond donors (Lipinski definition) is 0. The topological polar surface area (TPSA) is 52.7 Å². The fourth-order valence-electron chi connectivity index (χ4n) is 2.35. The van der Waals surface area contributed by atoms with Crippen LogP contribution in [0.15, 0.2) is 35.2 Å². The number of aromatic nitrogens is 4. The highest BCUT2D eigenvalue weighted by molar-refractivity contribution is 7.17. The molecule has 0 radical (unpaired) electrons. The highest BCUT2D eigenvalue weighted by atomic mass is 32.1. The molecule has 0 amide bonds. The van der Waals surface area contributed by atoms with Crippen molar-refractivity contribution in [2.45, 2.75) is 32.9 Å². The molecule has 0 saturated carbocycles. The van der Waals surface area contributed by atoms with E-state index in [9.17, 15) is 4.79 Å². The lowest BCUT2D eigenvalue weighted by molar-refractivity contribution is 0.406. The second kappa shape index (κ2) is 5.20. The van der Waals surface area contributed by atoms with Crippen molar-refractivity contribution in [1.29, 1.82) is 0 Å². The Hall–Kier alpha value is -1.95. The lowest BCUT2D eigenvalue weighted by Gasteiger charge is -2.18. The number of hydrogen-bond acceptors (Lipinski definition) is 4. The molecule has 3 aromatic heterocycles. The Morgan fingerprint density at radius 3 is 2.95 bits per heavy atom. The minimum atomic E-state index is 0.0556. The third-order valence-corrected chi connectivity index (χ3v) is 4.60. The van der Waals surface area contributed by atoms with Crippen molar-refractivity contribution in [2.75, 3.05) is 0 Å². The summed E-state index contributed by atoms with van der Waals surface area (Å²) in [6, 6.07) is 0.0935. The molecule has 0 fully saturated rings. The van der Waals surface area contributed by atoms with Gasteiger partial charge in [0, 0.05) is 18.9 Å². The molecule has 0 bridgehead atoms. The summed E-state index contributed by atoms with van der Waals surface area (Å²) in [5, 5.41) is 1.99. The van der Waals surface area contributed by atoms with Crippen molar-refractivity contribution in [3.05, 3.63) is 46.3 Å². The molecular formula is C14H16N4OS. The van der Waals surface area contributed by atoms with Gasteiger partial charge in [-0.1, -0.05) is 6.92 Å². The van der Waals surface area contributed by atoms with Crippen LogP contribution >= 0.6 is 11.3 Å². The SMILES string of the molecule is CC[C@H](Cn1ccnc1)n1cnc2c(C)csc2c1=O. The average Bonchev–Trinajstić information content (AvgIpc) is 3.08. The lowest BCUT2D eigenvalue weighted by atomic mass is 10.2. The van der Waals surface area contributed by atoms with Crippen LogP contribution in [0.4, 0.5) is 0 Å². The molecule has 0 aliphatic rings. The molecule has 5 nitrogen and oxygen atoms in total. The smallest absolute Gasteiger partial charge is 0.271 e. The first-order chi connectivity index (χ1) is 9.70. The molecule has 3 aromatic rings. The summed E-state index contributed by atoms with van der Waals surface area (Å²) < 4.78 is 4.48. The van der Waals surface area contributed by atoms with Crippen molar-refractivity contribution in [3.63, 3.8) is 0 Å². The van der Waals surface area contributed by atoms with E-state index in [0.29, 0.717) is 0 Å². The third-order valence-electron chi connectivity index (χ3n) is 3.53. The zero-order valence-corrected chi connectivity index (χ0v) is 12.3. The van der Waals surface area contributed by atoms with Crippen molar-refractivity contribution in [2.24, 2.45) is 0 Å². The fourth-order valence-corrected chi connectivity index (χ4v) is 3.29. The Labute approximate surface area is 120 Å². The van der Waals surface area contributed by atoms with Gasteiger partial charge in [-0.2, -0.15) is 0 Å². The van der Waals surface area contributed by atoms with Gasteiger partial charge in [0.1, 0.15) is 4.70 Å². The molecule has 3 heterocycles. The largest absolute Gasteiger partial charge is 0.335 e.